The van der Waals surface area contributed by atoms with Gasteiger partial charge in [-0.1, -0.05) is 0 Å². The quantitative estimate of drug-likeness (QED) is 0.503. The molecule has 0 atom stereocenters. The van der Waals surface area contributed by atoms with Gasteiger partial charge in [-0.3, -0.25) is 15.5 Å². The predicted octanol–water partition coefficient (Wildman–Crippen LogP) is 3.37. The molecule has 1 fully saturated rings. The van der Waals surface area contributed by atoms with Crippen LogP contribution in [0.5, 0.6) is 11.5 Å². The van der Waals surface area contributed by atoms with Crippen LogP contribution in [-0.2, 0) is 0 Å². The fraction of sp³-hybridized carbons (Fsp3) is 0.278. The van der Waals surface area contributed by atoms with Crippen molar-refractivity contribution in [2.24, 2.45) is 5.10 Å². The number of anilines is 2. The van der Waals surface area contributed by atoms with Gasteiger partial charge in [-0.2, -0.15) is 5.10 Å². The number of benzene rings is 2. The number of nitro benzene ring substituents is 1. The molecule has 2 aliphatic rings. The average molecular weight is 354 g/mol. The maximum absolute atomic E-state index is 11.3. The van der Waals surface area contributed by atoms with E-state index in [-0.39, 0.29) is 12.5 Å². The topological polar surface area (TPSA) is 89.2 Å². The monoisotopic (exact) mass is 354 g/mol. The van der Waals surface area contributed by atoms with E-state index in [0.29, 0.717) is 17.2 Å². The molecule has 2 aliphatic heterocycles. The Hall–Kier alpha value is -3.29. The molecule has 0 bridgehead atoms. The van der Waals surface area contributed by atoms with Crippen LogP contribution in [0.1, 0.15) is 18.4 Å². The molecule has 1 saturated heterocycles. The van der Waals surface area contributed by atoms with Gasteiger partial charge in [0.1, 0.15) is 5.69 Å². The van der Waals surface area contributed by atoms with E-state index in [0.717, 1.165) is 37.2 Å². The number of nitrogens with one attached hydrogen (secondary N) is 1. The van der Waals surface area contributed by atoms with E-state index < -0.39 is 4.92 Å². The molecule has 0 radical (unpaired) electrons. The van der Waals surface area contributed by atoms with Crippen LogP contribution in [-0.4, -0.2) is 31.0 Å². The number of hydrazone groups is 1. The highest BCUT2D eigenvalue weighted by atomic mass is 16.7. The van der Waals surface area contributed by atoms with Crippen molar-refractivity contribution in [1.82, 2.24) is 0 Å². The minimum atomic E-state index is -0.411. The van der Waals surface area contributed by atoms with Gasteiger partial charge in [0.05, 0.1) is 11.1 Å². The molecule has 0 aliphatic carbocycles. The first kappa shape index (κ1) is 16.2. The third kappa shape index (κ3) is 3.26. The number of hydrogen-bond donors (Lipinski definition) is 1. The Morgan fingerprint density at radius 3 is 2.73 bits per heavy atom. The van der Waals surface area contributed by atoms with Crippen molar-refractivity contribution in [1.29, 1.82) is 0 Å². The molecule has 2 heterocycles. The van der Waals surface area contributed by atoms with E-state index in [1.54, 1.807) is 24.4 Å². The van der Waals surface area contributed by atoms with E-state index in [2.05, 4.69) is 15.4 Å². The lowest BCUT2D eigenvalue weighted by Gasteiger charge is -2.18. The van der Waals surface area contributed by atoms with E-state index in [9.17, 15) is 10.1 Å². The highest BCUT2D eigenvalue weighted by molar-refractivity contribution is 5.82. The van der Waals surface area contributed by atoms with Crippen LogP contribution in [0.25, 0.3) is 0 Å². The lowest BCUT2D eigenvalue weighted by molar-refractivity contribution is -0.383. The van der Waals surface area contributed by atoms with Gasteiger partial charge in [0.15, 0.2) is 11.5 Å². The Kier molecular flexibility index (Phi) is 4.30. The first-order valence-electron chi connectivity index (χ1n) is 8.43. The van der Waals surface area contributed by atoms with Crippen molar-refractivity contribution in [3.05, 3.63) is 52.1 Å². The van der Waals surface area contributed by atoms with Crippen molar-refractivity contribution < 1.29 is 14.4 Å². The summed E-state index contributed by atoms with van der Waals surface area (Å²) in [6, 6.07) is 10.5. The molecule has 0 spiro atoms. The molecule has 26 heavy (non-hydrogen) atoms. The van der Waals surface area contributed by atoms with Gasteiger partial charge in [0.2, 0.25) is 6.79 Å². The molecule has 8 nitrogen and oxygen atoms in total. The van der Waals surface area contributed by atoms with Crippen LogP contribution in [0.15, 0.2) is 41.5 Å². The largest absolute Gasteiger partial charge is 0.454 e. The van der Waals surface area contributed by atoms with Gasteiger partial charge >= 0.3 is 0 Å². The highest BCUT2D eigenvalue weighted by Gasteiger charge is 2.18. The SMILES string of the molecule is O=[N+]([O-])c1ccc(N2CCCC2)cc1N/N=C\c1ccc2c(c1)OCO2. The fourth-order valence-electron chi connectivity index (χ4n) is 3.11. The zero-order chi connectivity index (χ0) is 17.9. The Balaban J connectivity index is 1.54. The Labute approximate surface area is 150 Å². The molecule has 0 saturated carbocycles. The smallest absolute Gasteiger partial charge is 0.294 e. The molecule has 134 valence electrons. The van der Waals surface area contributed by atoms with E-state index in [1.807, 2.05) is 12.1 Å². The summed E-state index contributed by atoms with van der Waals surface area (Å²) in [6.07, 6.45) is 3.87. The molecule has 4 rings (SSSR count). The summed E-state index contributed by atoms with van der Waals surface area (Å²) in [5.74, 6) is 1.36. The van der Waals surface area contributed by atoms with Crippen molar-refractivity contribution in [2.45, 2.75) is 12.8 Å². The van der Waals surface area contributed by atoms with Crippen LogP contribution in [0, 0.1) is 10.1 Å². The van der Waals surface area contributed by atoms with Crippen molar-refractivity contribution in [3.8, 4) is 11.5 Å². The zero-order valence-corrected chi connectivity index (χ0v) is 14.1. The van der Waals surface area contributed by atoms with Crippen molar-refractivity contribution in [3.63, 3.8) is 0 Å². The number of fused-ring (bicyclic) bond motifs is 1. The second-order valence-corrected chi connectivity index (χ2v) is 6.14. The number of nitrogens with zero attached hydrogens (tertiary/aromatic N) is 3. The summed E-state index contributed by atoms with van der Waals surface area (Å²) < 4.78 is 10.6. The molecule has 1 N–H and O–H groups in total. The van der Waals surface area contributed by atoms with Gasteiger partial charge < -0.3 is 14.4 Å². The lowest BCUT2D eigenvalue weighted by atomic mass is 10.2. The Bertz CT molecular complexity index is 862. The maximum atomic E-state index is 11.3. The molecule has 0 unspecified atom stereocenters. The lowest BCUT2D eigenvalue weighted by Crippen LogP contribution is -2.17. The molecule has 2 aromatic rings. The maximum Gasteiger partial charge on any atom is 0.294 e. The number of rotatable bonds is 5. The zero-order valence-electron chi connectivity index (χ0n) is 14.1. The third-order valence-corrected chi connectivity index (χ3v) is 4.44. The van der Waals surface area contributed by atoms with Gasteiger partial charge in [0.25, 0.3) is 5.69 Å². The van der Waals surface area contributed by atoms with Crippen LogP contribution < -0.4 is 19.8 Å². The normalized spacial score (nSPS) is 15.6. The third-order valence-electron chi connectivity index (χ3n) is 4.44. The summed E-state index contributed by atoms with van der Waals surface area (Å²) in [5, 5.41) is 15.4. The van der Waals surface area contributed by atoms with Crippen LogP contribution >= 0.6 is 0 Å². The minimum absolute atomic E-state index is 0.00390. The summed E-state index contributed by atoms with van der Waals surface area (Å²) >= 11 is 0. The van der Waals surface area contributed by atoms with E-state index in [4.69, 9.17) is 9.47 Å². The number of ether oxygens (including phenoxy) is 2. The predicted molar refractivity (Wildman–Crippen MR) is 98.3 cm³/mol. The molecule has 8 heteroatoms. The summed E-state index contributed by atoms with van der Waals surface area (Å²) in [5.41, 5.74) is 4.94. The van der Waals surface area contributed by atoms with E-state index >= 15 is 0 Å². The second-order valence-electron chi connectivity index (χ2n) is 6.14. The molecular weight excluding hydrogens is 336 g/mol. The van der Waals surface area contributed by atoms with Gasteiger partial charge in [-0.15, -0.1) is 0 Å². The minimum Gasteiger partial charge on any atom is -0.454 e. The Morgan fingerprint density at radius 2 is 1.92 bits per heavy atom. The van der Waals surface area contributed by atoms with E-state index in [1.165, 1.54) is 6.07 Å². The van der Waals surface area contributed by atoms with Gasteiger partial charge in [0, 0.05) is 24.8 Å². The van der Waals surface area contributed by atoms with Crippen LogP contribution in [0.4, 0.5) is 17.1 Å². The molecule has 0 aromatic heterocycles. The molecule has 0 amide bonds. The summed E-state index contributed by atoms with van der Waals surface area (Å²) in [6.45, 7) is 2.15. The van der Waals surface area contributed by atoms with Crippen LogP contribution in [0.3, 0.4) is 0 Å². The molecule has 2 aromatic carbocycles. The highest BCUT2D eigenvalue weighted by Crippen LogP contribution is 2.33. The standard InChI is InChI=1S/C18H18N4O4/c23-22(24)16-5-4-14(21-7-1-2-8-21)10-15(16)20-19-11-13-3-6-17-18(9-13)26-12-25-17/h3-6,9-11,20H,1-2,7-8,12H2/b19-11-. The fourth-order valence-corrected chi connectivity index (χ4v) is 3.11. The van der Waals surface area contributed by atoms with Crippen molar-refractivity contribution >= 4 is 23.3 Å². The van der Waals surface area contributed by atoms with Crippen LogP contribution in [0.2, 0.25) is 0 Å². The van der Waals surface area contributed by atoms with Crippen molar-refractivity contribution in [2.75, 3.05) is 30.2 Å². The average Bonchev–Trinajstić information content (AvgIpc) is 3.33. The first-order chi connectivity index (χ1) is 12.7. The molecular formula is C18H18N4O4. The van der Waals surface area contributed by atoms with Gasteiger partial charge in [-0.05, 0) is 48.7 Å². The Morgan fingerprint density at radius 1 is 1.12 bits per heavy atom. The van der Waals surface area contributed by atoms with Gasteiger partial charge in [-0.25, -0.2) is 0 Å². The number of hydrogen-bond acceptors (Lipinski definition) is 7. The summed E-state index contributed by atoms with van der Waals surface area (Å²) in [7, 11) is 0. The number of nitro groups is 1. The first-order valence-corrected chi connectivity index (χ1v) is 8.43. The second kappa shape index (κ2) is 6.91. The summed E-state index contributed by atoms with van der Waals surface area (Å²) in [4.78, 5) is 13.1.